The molecule has 0 aromatic rings. The van der Waals surface area contributed by atoms with E-state index in [0.29, 0.717) is 12.3 Å². The molecule has 0 bridgehead atoms. The van der Waals surface area contributed by atoms with E-state index in [1.54, 1.807) is 0 Å². The Labute approximate surface area is 73.3 Å². The Morgan fingerprint density at radius 2 is 2.58 bits per heavy atom. The van der Waals surface area contributed by atoms with E-state index in [1.807, 2.05) is 6.92 Å². The summed E-state index contributed by atoms with van der Waals surface area (Å²) < 4.78 is 10.7. The second-order valence-corrected chi connectivity index (χ2v) is 3.24. The molecule has 2 atom stereocenters. The fourth-order valence-electron chi connectivity index (χ4n) is 1.20. The van der Waals surface area contributed by atoms with Crippen LogP contribution in [0.1, 0.15) is 19.8 Å². The Morgan fingerprint density at radius 3 is 3.17 bits per heavy atom. The van der Waals surface area contributed by atoms with E-state index in [-0.39, 0.29) is 6.10 Å². The number of ether oxygens (including phenoxy) is 2. The summed E-state index contributed by atoms with van der Waals surface area (Å²) in [4.78, 5) is 0. The highest BCUT2D eigenvalue weighted by molar-refractivity contribution is 4.74. The number of hydrogen-bond acceptors (Lipinski definition) is 3. The van der Waals surface area contributed by atoms with Crippen LogP contribution in [0.3, 0.4) is 0 Å². The van der Waals surface area contributed by atoms with Gasteiger partial charge >= 0.3 is 0 Å². The van der Waals surface area contributed by atoms with Crippen molar-refractivity contribution >= 4 is 0 Å². The van der Waals surface area contributed by atoms with Crippen LogP contribution in [0, 0.1) is 17.2 Å². The summed E-state index contributed by atoms with van der Waals surface area (Å²) >= 11 is 0. The predicted octanol–water partition coefficient (Wildman–Crippen LogP) is 1.34. The fourth-order valence-corrected chi connectivity index (χ4v) is 1.20. The van der Waals surface area contributed by atoms with Crippen LogP contribution < -0.4 is 0 Å². The lowest BCUT2D eigenvalue weighted by Gasteiger charge is -2.12. The van der Waals surface area contributed by atoms with Crippen LogP contribution in [0.15, 0.2) is 0 Å². The van der Waals surface area contributed by atoms with Gasteiger partial charge in [0.2, 0.25) is 0 Å². The lowest BCUT2D eigenvalue weighted by atomic mass is 10.1. The summed E-state index contributed by atoms with van der Waals surface area (Å²) in [5.41, 5.74) is 0. The zero-order valence-electron chi connectivity index (χ0n) is 7.45. The molecule has 0 saturated carbocycles. The first kappa shape index (κ1) is 9.50. The van der Waals surface area contributed by atoms with E-state index in [1.165, 1.54) is 0 Å². The van der Waals surface area contributed by atoms with Crippen LogP contribution in [0.2, 0.25) is 0 Å². The summed E-state index contributed by atoms with van der Waals surface area (Å²) in [6, 6.07) is 2.09. The van der Waals surface area contributed by atoms with Crippen LogP contribution in [0.4, 0.5) is 0 Å². The van der Waals surface area contributed by atoms with Gasteiger partial charge in [-0.15, -0.1) is 0 Å². The summed E-state index contributed by atoms with van der Waals surface area (Å²) in [6.45, 7) is 4.35. The molecule has 12 heavy (non-hydrogen) atoms. The minimum Gasteiger partial charge on any atom is -0.381 e. The molecule has 1 rings (SSSR count). The average Bonchev–Trinajstić information content (AvgIpc) is 2.53. The molecule has 3 heteroatoms. The van der Waals surface area contributed by atoms with E-state index >= 15 is 0 Å². The first-order valence-electron chi connectivity index (χ1n) is 4.39. The molecule has 1 fully saturated rings. The number of nitrogens with zero attached hydrogens (tertiary/aromatic N) is 1. The van der Waals surface area contributed by atoms with Crippen molar-refractivity contribution in [3.05, 3.63) is 0 Å². The molecule has 0 spiro atoms. The molecular weight excluding hydrogens is 154 g/mol. The second-order valence-electron chi connectivity index (χ2n) is 3.24. The molecule has 0 radical (unpaired) electrons. The largest absolute Gasteiger partial charge is 0.381 e. The lowest BCUT2D eigenvalue weighted by Crippen LogP contribution is -2.15. The van der Waals surface area contributed by atoms with Crippen LogP contribution >= 0.6 is 0 Å². The predicted molar refractivity (Wildman–Crippen MR) is 44.6 cm³/mol. The van der Waals surface area contributed by atoms with Crippen molar-refractivity contribution in [3.63, 3.8) is 0 Å². The average molecular weight is 169 g/mol. The molecule has 0 aliphatic carbocycles. The molecule has 0 amide bonds. The van der Waals surface area contributed by atoms with E-state index in [2.05, 4.69) is 6.07 Å². The molecule has 3 nitrogen and oxygen atoms in total. The molecule has 0 aromatic heterocycles. The molecule has 1 aliphatic rings. The SMILES string of the molecule is CC(CC#N)OCC1CCOC1. The van der Waals surface area contributed by atoms with Crippen molar-refractivity contribution in [2.75, 3.05) is 19.8 Å². The van der Waals surface area contributed by atoms with Gasteiger partial charge in [0.15, 0.2) is 0 Å². The van der Waals surface area contributed by atoms with E-state index in [0.717, 1.165) is 26.2 Å². The molecule has 1 saturated heterocycles. The zero-order chi connectivity index (χ0) is 8.81. The van der Waals surface area contributed by atoms with Gasteiger partial charge < -0.3 is 9.47 Å². The highest BCUT2D eigenvalue weighted by atomic mass is 16.5. The smallest absolute Gasteiger partial charge is 0.0676 e. The third-order valence-corrected chi connectivity index (χ3v) is 2.02. The third kappa shape index (κ3) is 3.21. The minimum absolute atomic E-state index is 0.0654. The highest BCUT2D eigenvalue weighted by Crippen LogP contribution is 2.13. The molecule has 1 aliphatic heterocycles. The van der Waals surface area contributed by atoms with Gasteiger partial charge in [0, 0.05) is 12.5 Å². The maximum Gasteiger partial charge on any atom is 0.0676 e. The van der Waals surface area contributed by atoms with Gasteiger partial charge in [0.1, 0.15) is 0 Å². The summed E-state index contributed by atoms with van der Waals surface area (Å²) in [5.74, 6) is 0.547. The molecule has 0 aromatic carbocycles. The van der Waals surface area contributed by atoms with Crippen LogP contribution in [-0.2, 0) is 9.47 Å². The van der Waals surface area contributed by atoms with Gasteiger partial charge in [-0.1, -0.05) is 0 Å². The first-order chi connectivity index (χ1) is 5.83. The number of hydrogen-bond donors (Lipinski definition) is 0. The van der Waals surface area contributed by atoms with Crippen LogP contribution in [0.5, 0.6) is 0 Å². The topological polar surface area (TPSA) is 42.2 Å². The molecule has 68 valence electrons. The van der Waals surface area contributed by atoms with Crippen molar-refractivity contribution in [1.82, 2.24) is 0 Å². The monoisotopic (exact) mass is 169 g/mol. The molecule has 1 heterocycles. The second kappa shape index (κ2) is 5.13. The normalized spacial score (nSPS) is 25.2. The summed E-state index contributed by atoms with van der Waals surface area (Å²) in [7, 11) is 0. The Morgan fingerprint density at radius 1 is 1.75 bits per heavy atom. The van der Waals surface area contributed by atoms with E-state index < -0.39 is 0 Å². The van der Waals surface area contributed by atoms with E-state index in [4.69, 9.17) is 14.7 Å². The summed E-state index contributed by atoms with van der Waals surface area (Å²) in [6.07, 6.45) is 1.64. The third-order valence-electron chi connectivity index (χ3n) is 2.02. The maximum atomic E-state index is 8.37. The maximum absolute atomic E-state index is 8.37. The van der Waals surface area contributed by atoms with Crippen LogP contribution in [0.25, 0.3) is 0 Å². The van der Waals surface area contributed by atoms with Gasteiger partial charge in [-0.05, 0) is 13.3 Å². The Bertz CT molecular complexity index is 158. The first-order valence-corrected chi connectivity index (χ1v) is 4.39. The van der Waals surface area contributed by atoms with Crippen molar-refractivity contribution in [2.45, 2.75) is 25.9 Å². The molecule has 2 unspecified atom stereocenters. The zero-order valence-corrected chi connectivity index (χ0v) is 7.45. The Hall–Kier alpha value is -0.590. The number of nitriles is 1. The van der Waals surface area contributed by atoms with Crippen molar-refractivity contribution < 1.29 is 9.47 Å². The van der Waals surface area contributed by atoms with Gasteiger partial charge in [-0.3, -0.25) is 0 Å². The van der Waals surface area contributed by atoms with Gasteiger partial charge in [-0.25, -0.2) is 0 Å². The molecule has 0 N–H and O–H groups in total. The van der Waals surface area contributed by atoms with Gasteiger partial charge in [0.05, 0.1) is 31.8 Å². The fraction of sp³-hybridized carbons (Fsp3) is 0.889. The Kier molecular flexibility index (Phi) is 4.06. The van der Waals surface area contributed by atoms with Crippen LogP contribution in [-0.4, -0.2) is 25.9 Å². The van der Waals surface area contributed by atoms with Gasteiger partial charge in [0.25, 0.3) is 0 Å². The molecular formula is C9H15NO2. The summed E-state index contributed by atoms with van der Waals surface area (Å²) in [5, 5.41) is 8.37. The van der Waals surface area contributed by atoms with Crippen molar-refractivity contribution in [2.24, 2.45) is 5.92 Å². The van der Waals surface area contributed by atoms with Gasteiger partial charge in [-0.2, -0.15) is 5.26 Å². The van der Waals surface area contributed by atoms with Crippen molar-refractivity contribution in [3.8, 4) is 6.07 Å². The van der Waals surface area contributed by atoms with E-state index in [9.17, 15) is 0 Å². The lowest BCUT2D eigenvalue weighted by molar-refractivity contribution is 0.0394. The minimum atomic E-state index is 0.0654. The Balaban J connectivity index is 2.04. The quantitative estimate of drug-likeness (QED) is 0.637. The highest BCUT2D eigenvalue weighted by Gasteiger charge is 2.16. The standard InChI is InChI=1S/C9H15NO2/c1-8(2-4-10)12-7-9-3-5-11-6-9/h8-9H,2-3,5-7H2,1H3. The van der Waals surface area contributed by atoms with Crippen molar-refractivity contribution in [1.29, 1.82) is 5.26 Å². The number of rotatable bonds is 4.